The molecule has 1 aromatic heterocycles. The summed E-state index contributed by atoms with van der Waals surface area (Å²) in [5.74, 6) is 1.02. The fourth-order valence-corrected chi connectivity index (χ4v) is 3.16. The molecule has 2 nitrogen and oxygen atoms in total. The molecule has 1 aliphatic rings. The summed E-state index contributed by atoms with van der Waals surface area (Å²) in [5.41, 5.74) is 0. The number of nitrogens with zero attached hydrogens (tertiary/aromatic N) is 2. The highest BCUT2D eigenvalue weighted by Gasteiger charge is 2.34. The summed E-state index contributed by atoms with van der Waals surface area (Å²) >= 11 is 0.740. The van der Waals surface area contributed by atoms with Gasteiger partial charge in [-0.15, -0.1) is 0 Å². The number of halogens is 3. The molecule has 6 heteroatoms. The molecule has 0 bridgehead atoms. The van der Waals surface area contributed by atoms with Gasteiger partial charge in [-0.05, 0) is 18.3 Å². The van der Waals surface area contributed by atoms with E-state index in [0.29, 0.717) is 17.0 Å². The van der Waals surface area contributed by atoms with Crippen LogP contribution in [-0.2, 0) is 6.18 Å². The summed E-state index contributed by atoms with van der Waals surface area (Å²) in [7, 11) is 0. The number of piperidine rings is 1. The normalized spacial score (nSPS) is 26.3. The summed E-state index contributed by atoms with van der Waals surface area (Å²) in [6.07, 6.45) is -2.21. The van der Waals surface area contributed by atoms with Crippen molar-refractivity contribution in [2.24, 2.45) is 11.8 Å². The van der Waals surface area contributed by atoms with Crippen molar-refractivity contribution in [3.63, 3.8) is 0 Å². The Morgan fingerprint density at radius 1 is 1.29 bits per heavy atom. The molecular weight excluding hydrogens is 249 g/mol. The molecule has 1 aromatic rings. The molecule has 0 spiro atoms. The summed E-state index contributed by atoms with van der Waals surface area (Å²) in [4.78, 5) is 5.26. The molecule has 2 unspecified atom stereocenters. The topological polar surface area (TPSA) is 16.1 Å². The maximum Gasteiger partial charge on any atom is 0.427 e. The fraction of sp³-hybridized carbons (Fsp3) is 0.727. The first-order valence-electron chi connectivity index (χ1n) is 5.64. The van der Waals surface area contributed by atoms with Gasteiger partial charge in [0, 0.05) is 13.1 Å². The lowest BCUT2D eigenvalue weighted by atomic mass is 9.92. The molecule has 0 amide bonds. The molecule has 17 heavy (non-hydrogen) atoms. The molecule has 0 N–H and O–H groups in total. The molecular formula is C11H15F3N2S. The van der Waals surface area contributed by atoms with Gasteiger partial charge in [0.05, 0.1) is 6.20 Å². The van der Waals surface area contributed by atoms with E-state index in [2.05, 4.69) is 18.8 Å². The zero-order chi connectivity index (χ0) is 12.6. The summed E-state index contributed by atoms with van der Waals surface area (Å²) in [6.45, 7) is 5.85. The third-order valence-electron chi connectivity index (χ3n) is 2.91. The SMILES string of the molecule is CC1CC(C)CN(c2ncc(C(F)(F)F)s2)C1. The van der Waals surface area contributed by atoms with Gasteiger partial charge in [0.15, 0.2) is 5.13 Å². The van der Waals surface area contributed by atoms with E-state index in [0.717, 1.165) is 37.0 Å². The molecule has 0 saturated carbocycles. The number of hydrogen-bond donors (Lipinski definition) is 0. The van der Waals surface area contributed by atoms with Gasteiger partial charge in [0.2, 0.25) is 0 Å². The van der Waals surface area contributed by atoms with E-state index in [1.54, 1.807) is 0 Å². The number of rotatable bonds is 1. The number of thiazole rings is 1. The molecule has 1 fully saturated rings. The maximum atomic E-state index is 12.5. The van der Waals surface area contributed by atoms with Gasteiger partial charge < -0.3 is 4.90 Å². The molecule has 2 rings (SSSR count). The van der Waals surface area contributed by atoms with Crippen molar-refractivity contribution in [1.82, 2.24) is 4.98 Å². The Bertz CT molecular complexity index is 378. The quantitative estimate of drug-likeness (QED) is 0.769. The van der Waals surface area contributed by atoms with Crippen LogP contribution in [0.2, 0.25) is 0 Å². The average molecular weight is 264 g/mol. The van der Waals surface area contributed by atoms with Crippen LogP contribution in [0.1, 0.15) is 25.1 Å². The lowest BCUT2D eigenvalue weighted by molar-refractivity contribution is -0.134. The predicted octanol–water partition coefficient (Wildman–Crippen LogP) is 3.64. The van der Waals surface area contributed by atoms with Gasteiger partial charge >= 0.3 is 6.18 Å². The second kappa shape index (κ2) is 4.48. The maximum absolute atomic E-state index is 12.5. The van der Waals surface area contributed by atoms with Crippen molar-refractivity contribution >= 4 is 16.5 Å². The minimum Gasteiger partial charge on any atom is -0.348 e. The van der Waals surface area contributed by atoms with E-state index in [9.17, 15) is 13.2 Å². The first kappa shape index (κ1) is 12.7. The van der Waals surface area contributed by atoms with Gasteiger partial charge in [-0.2, -0.15) is 13.2 Å². The second-order valence-electron chi connectivity index (χ2n) is 4.86. The van der Waals surface area contributed by atoms with Crippen LogP contribution in [0.15, 0.2) is 6.20 Å². The number of anilines is 1. The second-order valence-corrected chi connectivity index (χ2v) is 5.86. The Morgan fingerprint density at radius 2 is 1.88 bits per heavy atom. The van der Waals surface area contributed by atoms with Gasteiger partial charge in [-0.1, -0.05) is 25.2 Å². The molecule has 0 aliphatic carbocycles. The van der Waals surface area contributed by atoms with Crippen LogP contribution in [0.4, 0.5) is 18.3 Å². The van der Waals surface area contributed by atoms with Crippen molar-refractivity contribution in [2.75, 3.05) is 18.0 Å². The van der Waals surface area contributed by atoms with Crippen LogP contribution in [0.5, 0.6) is 0 Å². The zero-order valence-electron chi connectivity index (χ0n) is 9.79. The van der Waals surface area contributed by atoms with E-state index < -0.39 is 11.1 Å². The predicted molar refractivity (Wildman–Crippen MR) is 62.3 cm³/mol. The smallest absolute Gasteiger partial charge is 0.348 e. The standard InChI is InChI=1S/C11H15F3N2S/c1-7-3-8(2)6-16(5-7)10-15-4-9(17-10)11(12,13)14/h4,7-8H,3,5-6H2,1-2H3. The van der Waals surface area contributed by atoms with Crippen LogP contribution >= 0.6 is 11.3 Å². The average Bonchev–Trinajstić information content (AvgIpc) is 2.63. The van der Waals surface area contributed by atoms with E-state index >= 15 is 0 Å². The minimum atomic E-state index is -4.27. The molecule has 0 radical (unpaired) electrons. The van der Waals surface area contributed by atoms with Crippen molar-refractivity contribution in [1.29, 1.82) is 0 Å². The summed E-state index contributed by atoms with van der Waals surface area (Å²) < 4.78 is 37.4. The Morgan fingerprint density at radius 3 is 2.35 bits per heavy atom. The largest absolute Gasteiger partial charge is 0.427 e. The monoisotopic (exact) mass is 264 g/mol. The lowest BCUT2D eigenvalue weighted by Crippen LogP contribution is -2.38. The first-order chi connectivity index (χ1) is 7.86. The van der Waals surface area contributed by atoms with Gasteiger partial charge in [-0.3, -0.25) is 0 Å². The van der Waals surface area contributed by atoms with E-state index in [-0.39, 0.29) is 0 Å². The van der Waals surface area contributed by atoms with Gasteiger partial charge in [0.1, 0.15) is 4.88 Å². The van der Waals surface area contributed by atoms with Crippen LogP contribution in [0.25, 0.3) is 0 Å². The molecule has 96 valence electrons. The molecule has 2 atom stereocenters. The molecule has 1 saturated heterocycles. The van der Waals surface area contributed by atoms with Crippen LogP contribution in [-0.4, -0.2) is 18.1 Å². The van der Waals surface area contributed by atoms with Crippen molar-refractivity contribution in [3.05, 3.63) is 11.1 Å². The molecule has 1 aliphatic heterocycles. The third kappa shape index (κ3) is 2.91. The van der Waals surface area contributed by atoms with E-state index in [1.807, 2.05) is 4.90 Å². The molecule has 2 heterocycles. The summed E-state index contributed by atoms with van der Waals surface area (Å²) in [6, 6.07) is 0. The Balaban J connectivity index is 2.14. The highest BCUT2D eigenvalue weighted by molar-refractivity contribution is 7.15. The molecule has 0 aromatic carbocycles. The van der Waals surface area contributed by atoms with Crippen molar-refractivity contribution in [3.8, 4) is 0 Å². The third-order valence-corrected chi connectivity index (χ3v) is 4.02. The van der Waals surface area contributed by atoms with Crippen LogP contribution < -0.4 is 4.90 Å². The van der Waals surface area contributed by atoms with Gasteiger partial charge in [0.25, 0.3) is 0 Å². The minimum absolute atomic E-state index is 0.496. The van der Waals surface area contributed by atoms with Crippen molar-refractivity contribution < 1.29 is 13.2 Å². The first-order valence-corrected chi connectivity index (χ1v) is 6.46. The number of aromatic nitrogens is 1. The van der Waals surface area contributed by atoms with Crippen LogP contribution in [0, 0.1) is 11.8 Å². The number of hydrogen-bond acceptors (Lipinski definition) is 3. The van der Waals surface area contributed by atoms with Crippen LogP contribution in [0.3, 0.4) is 0 Å². The Labute approximate surface area is 102 Å². The highest BCUT2D eigenvalue weighted by Crippen LogP contribution is 2.37. The lowest BCUT2D eigenvalue weighted by Gasteiger charge is -2.34. The van der Waals surface area contributed by atoms with Crippen molar-refractivity contribution in [2.45, 2.75) is 26.4 Å². The Kier molecular flexibility index (Phi) is 3.34. The fourth-order valence-electron chi connectivity index (χ4n) is 2.36. The van der Waals surface area contributed by atoms with E-state index in [1.165, 1.54) is 0 Å². The van der Waals surface area contributed by atoms with Gasteiger partial charge in [-0.25, -0.2) is 4.98 Å². The highest BCUT2D eigenvalue weighted by atomic mass is 32.1. The number of alkyl halides is 3. The Hall–Kier alpha value is -0.780. The van der Waals surface area contributed by atoms with E-state index in [4.69, 9.17) is 0 Å². The summed E-state index contributed by atoms with van der Waals surface area (Å²) in [5, 5.41) is 0.496. The zero-order valence-corrected chi connectivity index (χ0v) is 10.6.